The summed E-state index contributed by atoms with van der Waals surface area (Å²) in [6.07, 6.45) is -0.875. The number of furan rings is 1. The first-order valence-electron chi connectivity index (χ1n) is 10.3. The van der Waals surface area contributed by atoms with Crippen LogP contribution in [0.2, 0.25) is 0 Å². The molecule has 4 rings (SSSR count). The highest BCUT2D eigenvalue weighted by Crippen LogP contribution is 2.29. The monoisotopic (exact) mass is 458 g/mol. The van der Waals surface area contributed by atoms with Crippen molar-refractivity contribution in [1.82, 2.24) is 10.3 Å². The molecule has 2 N–H and O–H groups in total. The number of aromatic nitrogens is 1. The van der Waals surface area contributed by atoms with Crippen LogP contribution >= 0.6 is 0 Å². The zero-order chi connectivity index (χ0) is 23.4. The Balaban J connectivity index is 1.27. The van der Waals surface area contributed by atoms with Crippen LogP contribution in [-0.2, 0) is 6.18 Å². The van der Waals surface area contributed by atoms with Gasteiger partial charge in [-0.3, -0.25) is 9.59 Å². The molecule has 0 saturated carbocycles. The zero-order valence-electron chi connectivity index (χ0n) is 17.4. The number of benzene rings is 1. The molecule has 0 radical (unpaired) electrons. The maximum absolute atomic E-state index is 12.7. The number of carbonyl (C=O) groups excluding carboxylic acids is 2. The molecule has 1 fully saturated rings. The number of piperidine rings is 1. The van der Waals surface area contributed by atoms with E-state index in [9.17, 15) is 22.8 Å². The van der Waals surface area contributed by atoms with Gasteiger partial charge in [-0.25, -0.2) is 4.98 Å². The Hall–Kier alpha value is -3.82. The SMILES string of the molecule is O=C(NC1CCN(c2ccc(C(F)(F)F)cn2)CC1)c1ccc(NC(=O)c2ccco2)cc1. The summed E-state index contributed by atoms with van der Waals surface area (Å²) in [6, 6.07) is 12.0. The molecule has 172 valence electrons. The minimum Gasteiger partial charge on any atom is -0.459 e. The lowest BCUT2D eigenvalue weighted by molar-refractivity contribution is -0.137. The predicted molar refractivity (Wildman–Crippen MR) is 115 cm³/mol. The fourth-order valence-corrected chi connectivity index (χ4v) is 3.57. The molecule has 2 amide bonds. The Labute approximate surface area is 187 Å². The quantitative estimate of drug-likeness (QED) is 0.594. The molecule has 3 heterocycles. The number of halogens is 3. The Morgan fingerprint density at radius 3 is 2.30 bits per heavy atom. The maximum Gasteiger partial charge on any atom is 0.417 e. The van der Waals surface area contributed by atoms with Crippen LogP contribution in [0.4, 0.5) is 24.7 Å². The van der Waals surface area contributed by atoms with Crippen LogP contribution in [0.1, 0.15) is 39.3 Å². The van der Waals surface area contributed by atoms with Gasteiger partial charge in [0, 0.05) is 36.6 Å². The summed E-state index contributed by atoms with van der Waals surface area (Å²) in [5.41, 5.74) is 0.211. The normalized spacial score (nSPS) is 14.7. The van der Waals surface area contributed by atoms with Crippen LogP contribution in [0.3, 0.4) is 0 Å². The molecule has 33 heavy (non-hydrogen) atoms. The van der Waals surface area contributed by atoms with E-state index >= 15 is 0 Å². The van der Waals surface area contributed by atoms with Crippen molar-refractivity contribution in [2.75, 3.05) is 23.3 Å². The van der Waals surface area contributed by atoms with Crippen molar-refractivity contribution >= 4 is 23.3 Å². The van der Waals surface area contributed by atoms with Gasteiger partial charge in [0.1, 0.15) is 5.82 Å². The fraction of sp³-hybridized carbons (Fsp3) is 0.261. The molecular formula is C23H21F3N4O3. The van der Waals surface area contributed by atoms with E-state index in [2.05, 4.69) is 15.6 Å². The van der Waals surface area contributed by atoms with Crippen molar-refractivity contribution < 1.29 is 27.2 Å². The smallest absolute Gasteiger partial charge is 0.417 e. The van der Waals surface area contributed by atoms with Gasteiger partial charge in [0.15, 0.2) is 5.76 Å². The van der Waals surface area contributed by atoms with Gasteiger partial charge in [-0.05, 0) is 61.4 Å². The number of nitrogens with zero attached hydrogens (tertiary/aromatic N) is 2. The van der Waals surface area contributed by atoms with Crippen LogP contribution in [0.25, 0.3) is 0 Å². The van der Waals surface area contributed by atoms with Crippen molar-refractivity contribution in [2.45, 2.75) is 25.1 Å². The molecule has 3 aromatic rings. The van der Waals surface area contributed by atoms with Crippen LogP contribution in [0.15, 0.2) is 65.4 Å². The Morgan fingerprint density at radius 1 is 1.00 bits per heavy atom. The minimum atomic E-state index is -4.41. The van der Waals surface area contributed by atoms with E-state index in [0.29, 0.717) is 43.0 Å². The van der Waals surface area contributed by atoms with Gasteiger partial charge in [-0.1, -0.05) is 0 Å². The van der Waals surface area contributed by atoms with Gasteiger partial charge in [-0.15, -0.1) is 0 Å². The number of amides is 2. The Morgan fingerprint density at radius 2 is 1.73 bits per heavy atom. The molecule has 1 aliphatic rings. The topological polar surface area (TPSA) is 87.5 Å². The summed E-state index contributed by atoms with van der Waals surface area (Å²) in [7, 11) is 0. The van der Waals surface area contributed by atoms with Gasteiger partial charge < -0.3 is 20.0 Å². The molecule has 0 atom stereocenters. The summed E-state index contributed by atoms with van der Waals surface area (Å²) in [5.74, 6) is 0.0612. The average Bonchev–Trinajstić information content (AvgIpc) is 3.35. The van der Waals surface area contributed by atoms with E-state index < -0.39 is 11.7 Å². The van der Waals surface area contributed by atoms with Crippen LogP contribution in [0.5, 0.6) is 0 Å². The van der Waals surface area contributed by atoms with Gasteiger partial charge in [0.05, 0.1) is 11.8 Å². The van der Waals surface area contributed by atoms with E-state index in [1.165, 1.54) is 12.3 Å². The minimum absolute atomic E-state index is 0.0541. The highest BCUT2D eigenvalue weighted by molar-refractivity contribution is 6.02. The number of anilines is 2. The summed E-state index contributed by atoms with van der Waals surface area (Å²) < 4.78 is 43.1. The van der Waals surface area contributed by atoms with Crippen molar-refractivity contribution in [2.24, 2.45) is 0 Å². The standard InChI is InChI=1S/C23H21F3N4O3/c24-23(25,26)16-5-8-20(27-14-16)30-11-9-18(10-12-30)28-21(31)15-3-6-17(7-4-15)29-22(32)19-2-1-13-33-19/h1-8,13-14,18H,9-12H2,(H,28,31)(H,29,32). The van der Waals surface area contributed by atoms with E-state index in [1.54, 1.807) is 36.4 Å². The molecule has 1 aliphatic heterocycles. The Bertz CT molecular complexity index is 1090. The highest BCUT2D eigenvalue weighted by Gasteiger charge is 2.31. The highest BCUT2D eigenvalue weighted by atomic mass is 19.4. The van der Waals surface area contributed by atoms with Gasteiger partial charge >= 0.3 is 6.18 Å². The molecule has 0 unspecified atom stereocenters. The third-order valence-corrected chi connectivity index (χ3v) is 5.38. The number of carbonyl (C=O) groups is 2. The van der Waals surface area contributed by atoms with Crippen molar-refractivity contribution in [3.8, 4) is 0 Å². The summed E-state index contributed by atoms with van der Waals surface area (Å²) >= 11 is 0. The van der Waals surface area contributed by atoms with E-state index in [4.69, 9.17) is 4.42 Å². The lowest BCUT2D eigenvalue weighted by atomic mass is 10.0. The molecular weight excluding hydrogens is 437 g/mol. The molecule has 1 aromatic carbocycles. The number of hydrogen-bond donors (Lipinski definition) is 2. The maximum atomic E-state index is 12.7. The molecule has 2 aromatic heterocycles. The van der Waals surface area contributed by atoms with Crippen LogP contribution in [-0.4, -0.2) is 35.9 Å². The molecule has 1 saturated heterocycles. The number of rotatable bonds is 5. The first kappa shape index (κ1) is 22.4. The number of hydrogen-bond acceptors (Lipinski definition) is 5. The first-order valence-corrected chi connectivity index (χ1v) is 10.3. The average molecular weight is 458 g/mol. The number of pyridine rings is 1. The molecule has 7 nitrogen and oxygen atoms in total. The molecule has 0 bridgehead atoms. The summed E-state index contributed by atoms with van der Waals surface area (Å²) in [5, 5.41) is 5.67. The van der Waals surface area contributed by atoms with Gasteiger partial charge in [0.2, 0.25) is 0 Å². The molecule has 0 spiro atoms. The van der Waals surface area contributed by atoms with Crippen molar-refractivity contribution in [3.63, 3.8) is 0 Å². The van der Waals surface area contributed by atoms with Crippen molar-refractivity contribution in [3.05, 3.63) is 77.9 Å². The second-order valence-corrected chi connectivity index (χ2v) is 7.65. The largest absolute Gasteiger partial charge is 0.459 e. The van der Waals surface area contributed by atoms with Gasteiger partial charge in [-0.2, -0.15) is 13.2 Å². The third-order valence-electron chi connectivity index (χ3n) is 5.38. The third kappa shape index (κ3) is 5.51. The van der Waals surface area contributed by atoms with Crippen LogP contribution in [0, 0.1) is 0 Å². The summed E-state index contributed by atoms with van der Waals surface area (Å²) in [4.78, 5) is 30.4. The Kier molecular flexibility index (Phi) is 6.34. The van der Waals surface area contributed by atoms with E-state index in [-0.39, 0.29) is 23.6 Å². The zero-order valence-corrected chi connectivity index (χ0v) is 17.4. The van der Waals surface area contributed by atoms with Crippen molar-refractivity contribution in [1.29, 1.82) is 0 Å². The summed E-state index contributed by atoms with van der Waals surface area (Å²) in [6.45, 7) is 1.14. The second-order valence-electron chi connectivity index (χ2n) is 7.65. The first-order chi connectivity index (χ1) is 15.8. The lowest BCUT2D eigenvalue weighted by Crippen LogP contribution is -2.45. The number of alkyl halides is 3. The number of nitrogens with one attached hydrogen (secondary N) is 2. The van der Waals surface area contributed by atoms with E-state index in [1.807, 2.05) is 4.90 Å². The second kappa shape index (κ2) is 9.35. The lowest BCUT2D eigenvalue weighted by Gasteiger charge is -2.33. The predicted octanol–water partition coefficient (Wildman–Crippen LogP) is 4.34. The van der Waals surface area contributed by atoms with Gasteiger partial charge in [0.25, 0.3) is 11.8 Å². The molecule has 10 heteroatoms. The fourth-order valence-electron chi connectivity index (χ4n) is 3.57. The van der Waals surface area contributed by atoms with E-state index in [0.717, 1.165) is 12.3 Å². The van der Waals surface area contributed by atoms with Crippen LogP contribution < -0.4 is 15.5 Å². The molecule has 0 aliphatic carbocycles.